The molecule has 0 spiro atoms. The Morgan fingerprint density at radius 3 is 2.37 bits per heavy atom. The lowest BCUT2D eigenvalue weighted by Crippen LogP contribution is -2.44. The van der Waals surface area contributed by atoms with Gasteiger partial charge in [0.1, 0.15) is 6.61 Å². The van der Waals surface area contributed by atoms with Gasteiger partial charge in [-0.1, -0.05) is 0 Å². The molecule has 10 heteroatoms. The molecule has 114 valence electrons. The van der Waals surface area contributed by atoms with Gasteiger partial charge in [-0.05, 0) is 0 Å². The van der Waals surface area contributed by atoms with Gasteiger partial charge in [-0.3, -0.25) is 4.90 Å². The van der Waals surface area contributed by atoms with E-state index in [2.05, 4.69) is 4.74 Å². The van der Waals surface area contributed by atoms with E-state index in [-0.39, 0.29) is 6.54 Å². The summed E-state index contributed by atoms with van der Waals surface area (Å²) >= 11 is 0. The minimum Gasteiger partial charge on any atom is -0.748 e. The van der Waals surface area contributed by atoms with Gasteiger partial charge in [0.25, 0.3) is 0 Å². The Labute approximate surface area is 109 Å². The monoisotopic (exact) mass is 306 g/mol. The summed E-state index contributed by atoms with van der Waals surface area (Å²) in [7, 11) is -4.64. The highest BCUT2D eigenvalue weighted by atomic mass is 32.2. The van der Waals surface area contributed by atoms with E-state index in [1.165, 1.54) is 0 Å². The molecule has 1 aliphatic heterocycles. The number of alkyl halides is 3. The Kier molecular flexibility index (Phi) is 5.99. The molecule has 1 fully saturated rings. The smallest absolute Gasteiger partial charge is 0.411 e. The molecule has 6 nitrogen and oxygen atoms in total. The molecule has 0 aromatic rings. The van der Waals surface area contributed by atoms with Crippen LogP contribution >= 0.6 is 0 Å². The summed E-state index contributed by atoms with van der Waals surface area (Å²) < 4.78 is 77.6. The summed E-state index contributed by atoms with van der Waals surface area (Å²) in [5, 5.41) is 0. The van der Waals surface area contributed by atoms with Crippen LogP contribution in [0.5, 0.6) is 0 Å². The fourth-order valence-electron chi connectivity index (χ4n) is 1.67. The lowest BCUT2D eigenvalue weighted by Gasteiger charge is -2.31. The first-order chi connectivity index (χ1) is 8.66. The molecule has 1 saturated heterocycles. The van der Waals surface area contributed by atoms with E-state index in [0.717, 1.165) is 0 Å². The topological polar surface area (TPSA) is 78.9 Å². The molecule has 19 heavy (non-hydrogen) atoms. The van der Waals surface area contributed by atoms with Crippen molar-refractivity contribution in [3.63, 3.8) is 0 Å². The van der Waals surface area contributed by atoms with Gasteiger partial charge in [-0.2, -0.15) is 13.2 Å². The number of hydrogen-bond donors (Lipinski definition) is 0. The molecule has 0 amide bonds. The van der Waals surface area contributed by atoms with Gasteiger partial charge < -0.3 is 14.0 Å². The highest BCUT2D eigenvalue weighted by Gasteiger charge is 2.30. The van der Waals surface area contributed by atoms with Crippen molar-refractivity contribution in [2.75, 3.05) is 45.2 Å². The maximum absolute atomic E-state index is 12.0. The molecule has 1 heterocycles. The highest BCUT2D eigenvalue weighted by Crippen LogP contribution is 2.16. The summed E-state index contributed by atoms with van der Waals surface area (Å²) in [6, 6.07) is 0. The fourth-order valence-corrected chi connectivity index (χ4v) is 2.32. The predicted octanol–water partition coefficient (Wildman–Crippen LogP) is -0.189. The molecule has 0 aromatic heterocycles. The summed E-state index contributed by atoms with van der Waals surface area (Å²) in [4.78, 5) is 1.70. The fraction of sp³-hybridized carbons (Fsp3) is 1.00. The minimum absolute atomic E-state index is 0.0408. The van der Waals surface area contributed by atoms with Crippen LogP contribution in [0.2, 0.25) is 0 Å². The molecule has 1 rings (SSSR count). The van der Waals surface area contributed by atoms with Crippen molar-refractivity contribution in [1.82, 2.24) is 4.90 Å². The number of ether oxygens (including phenoxy) is 2. The first kappa shape index (κ1) is 16.6. The van der Waals surface area contributed by atoms with Gasteiger partial charge in [0, 0.05) is 19.6 Å². The number of rotatable bonds is 6. The first-order valence-corrected chi connectivity index (χ1v) is 7.15. The van der Waals surface area contributed by atoms with Gasteiger partial charge in [-0.25, -0.2) is 8.42 Å². The van der Waals surface area contributed by atoms with Crippen LogP contribution in [0.25, 0.3) is 0 Å². The van der Waals surface area contributed by atoms with Gasteiger partial charge >= 0.3 is 6.18 Å². The van der Waals surface area contributed by atoms with Crippen molar-refractivity contribution in [2.24, 2.45) is 0 Å². The number of hydrogen-bond acceptors (Lipinski definition) is 6. The molecular weight excluding hydrogens is 291 g/mol. The Bertz CT molecular complexity index is 367. The van der Waals surface area contributed by atoms with Crippen LogP contribution in [0.15, 0.2) is 0 Å². The molecule has 0 bridgehead atoms. The minimum atomic E-state index is -4.64. The zero-order chi connectivity index (χ0) is 14.5. The van der Waals surface area contributed by atoms with E-state index in [1.807, 2.05) is 0 Å². The van der Waals surface area contributed by atoms with Crippen molar-refractivity contribution in [3.05, 3.63) is 0 Å². The molecule has 1 aliphatic rings. The molecule has 1 unspecified atom stereocenters. The van der Waals surface area contributed by atoms with E-state index < -0.39 is 34.8 Å². The summed E-state index contributed by atoms with van der Waals surface area (Å²) in [6.45, 7) is 0.139. The summed E-state index contributed by atoms with van der Waals surface area (Å²) in [5.74, 6) is -0.972. The molecule has 1 atom stereocenters. The third kappa shape index (κ3) is 8.37. The predicted molar refractivity (Wildman–Crippen MR) is 57.6 cm³/mol. The van der Waals surface area contributed by atoms with E-state index in [0.29, 0.717) is 26.3 Å². The molecule has 0 N–H and O–H groups in total. The van der Waals surface area contributed by atoms with Crippen LogP contribution in [0, 0.1) is 0 Å². The number of nitrogens with zero attached hydrogens (tertiary/aromatic N) is 1. The third-order valence-electron chi connectivity index (χ3n) is 2.44. The Morgan fingerprint density at radius 2 is 1.89 bits per heavy atom. The van der Waals surface area contributed by atoms with Crippen molar-refractivity contribution >= 4 is 10.1 Å². The molecular formula is C9H15F3NO5S-. The average molecular weight is 306 g/mol. The maximum Gasteiger partial charge on any atom is 0.411 e. The number of morpholine rings is 1. The largest absolute Gasteiger partial charge is 0.748 e. The van der Waals surface area contributed by atoms with Crippen LogP contribution in [-0.4, -0.2) is 75.4 Å². The van der Waals surface area contributed by atoms with Crippen molar-refractivity contribution in [2.45, 2.75) is 12.3 Å². The second-order valence-corrected chi connectivity index (χ2v) is 5.63. The summed E-state index contributed by atoms with van der Waals surface area (Å²) in [5.41, 5.74) is 0. The Hall–Kier alpha value is -0.420. The van der Waals surface area contributed by atoms with Gasteiger partial charge in [0.05, 0.1) is 35.2 Å². The lowest BCUT2D eigenvalue weighted by molar-refractivity contribution is -0.185. The molecule has 0 saturated carbocycles. The van der Waals surface area contributed by atoms with Gasteiger partial charge in [-0.15, -0.1) is 0 Å². The average Bonchev–Trinajstić information content (AvgIpc) is 2.24. The SMILES string of the molecule is O=S(=O)([O-])CC(CN1CCOCC1)OCC(F)(F)F. The summed E-state index contributed by atoms with van der Waals surface area (Å²) in [6.07, 6.45) is -5.85. The van der Waals surface area contributed by atoms with E-state index >= 15 is 0 Å². The van der Waals surface area contributed by atoms with Gasteiger partial charge in [0.2, 0.25) is 0 Å². The molecule has 0 aliphatic carbocycles. The van der Waals surface area contributed by atoms with Crippen LogP contribution < -0.4 is 0 Å². The molecule has 0 aromatic carbocycles. The maximum atomic E-state index is 12.0. The third-order valence-corrected chi connectivity index (χ3v) is 3.22. The van der Waals surface area contributed by atoms with E-state index in [4.69, 9.17) is 4.74 Å². The standard InChI is InChI=1S/C9H16F3NO5S/c10-9(11,12)7-18-8(6-19(14,15)16)5-13-1-3-17-4-2-13/h8H,1-7H2,(H,14,15,16)/p-1. The van der Waals surface area contributed by atoms with Crippen molar-refractivity contribution in [1.29, 1.82) is 0 Å². The second-order valence-electron chi connectivity index (χ2n) is 4.19. The normalized spacial score (nSPS) is 20.4. The van der Waals surface area contributed by atoms with Crippen molar-refractivity contribution < 1.29 is 35.6 Å². The Morgan fingerprint density at radius 1 is 1.32 bits per heavy atom. The highest BCUT2D eigenvalue weighted by molar-refractivity contribution is 7.85. The van der Waals surface area contributed by atoms with Crippen molar-refractivity contribution in [3.8, 4) is 0 Å². The second kappa shape index (κ2) is 6.84. The zero-order valence-electron chi connectivity index (χ0n) is 10.1. The molecule has 0 radical (unpaired) electrons. The van der Waals surface area contributed by atoms with Crippen LogP contribution in [0.3, 0.4) is 0 Å². The van der Waals surface area contributed by atoms with Crippen LogP contribution in [-0.2, 0) is 19.6 Å². The first-order valence-electron chi connectivity index (χ1n) is 5.58. The van der Waals surface area contributed by atoms with Gasteiger partial charge in [0.15, 0.2) is 0 Å². The Balaban J connectivity index is 2.52. The number of halogens is 3. The van der Waals surface area contributed by atoms with Crippen LogP contribution in [0.4, 0.5) is 13.2 Å². The quantitative estimate of drug-likeness (QED) is 0.633. The zero-order valence-corrected chi connectivity index (χ0v) is 10.9. The lowest BCUT2D eigenvalue weighted by atomic mass is 10.3. The van der Waals surface area contributed by atoms with E-state index in [1.54, 1.807) is 4.90 Å². The van der Waals surface area contributed by atoms with Crippen LogP contribution in [0.1, 0.15) is 0 Å². The van der Waals surface area contributed by atoms with E-state index in [9.17, 15) is 26.1 Å².